The molecule has 0 bridgehead atoms. The van der Waals surface area contributed by atoms with E-state index in [2.05, 4.69) is 66.6 Å². The summed E-state index contributed by atoms with van der Waals surface area (Å²) >= 11 is 9.17. The number of phenolic OH excluding ortho intramolecular Hbond substituents is 2. The maximum absolute atomic E-state index is 13.9. The first-order valence-electron chi connectivity index (χ1n) is 25.6. The fraction of sp³-hybridized carbons (Fsp3) is 0.183. The van der Waals surface area contributed by atoms with Gasteiger partial charge in [0.25, 0.3) is 6.47 Å². The number of rotatable bonds is 7. The van der Waals surface area contributed by atoms with Crippen LogP contribution in [0, 0.1) is 114 Å². The van der Waals surface area contributed by atoms with Crippen molar-refractivity contribution < 1.29 is 253 Å². The third-order valence-electron chi connectivity index (χ3n) is 12.1. The molecule has 0 fully saturated rings. The molecule has 94 heavy (non-hydrogen) atoms. The largest absolute Gasteiger partial charge is 1.00 e. The zero-order valence-electron chi connectivity index (χ0n) is 55.0. The van der Waals surface area contributed by atoms with E-state index in [1.54, 1.807) is 89.2 Å². The average molecular weight is 1590 g/mol. The molecule has 494 valence electrons. The Balaban J connectivity index is -0.000000334. The standard InChI is InChI=1S/C14H11F3O.C14H10F2O.C7H7BBrFO2.C7H7BF2O2.C7H6BrFO.C7H6BrF.C3H9BO3.CH2O3.2K.Na.H2O2.2H/c1-7-3-5-9(13(17)11(7)15)10-6-4-8(2)12(16)14(10)18;1-7-3-5-9-10-6-4-8(2)12(16)14(10)17-13(9)11(7)15;1-4-2-3-5(9)6(7(4)10)8(11)12;1-4-2-3-5(8(11)12)7(10)6(4)9;1-4-2-3-5(8)7(10)6(4)9;1-5-2-3-6(8)4-7(5)9;1-5-4(6-2)7-3;2-1-4-3;;;;1-2;;/h3-6,18H,1-2H3;3-6H,1-2H3;2*2-3,11-12H,1H3;2-3,10H,1H3;2-4H,1H3;1-3H3;1,3H;;;;1-2H;;/q;;;;;;;;3*+1;;2*-1/p-1. The summed E-state index contributed by atoms with van der Waals surface area (Å²) in [5, 5.41) is 75.0. The van der Waals surface area contributed by atoms with Gasteiger partial charge in [0.15, 0.2) is 69.2 Å². The number of phenols is 2. The van der Waals surface area contributed by atoms with Crippen molar-refractivity contribution in [3.63, 3.8) is 0 Å². The molecule has 0 atom stereocenters. The third kappa shape index (κ3) is 28.6. The minimum absolute atomic E-state index is 0. The molecule has 0 amide bonds. The van der Waals surface area contributed by atoms with Crippen molar-refractivity contribution >= 4 is 109 Å². The number of hydrogen-bond acceptors (Lipinski definition) is 15. The number of carbonyl (C=O) groups is 1. The van der Waals surface area contributed by atoms with Gasteiger partial charge in [-0.15, -0.1) is 0 Å². The summed E-state index contributed by atoms with van der Waals surface area (Å²) < 4.78 is 153. The van der Waals surface area contributed by atoms with Crippen molar-refractivity contribution in [1.82, 2.24) is 0 Å². The molecular weight excluding hydrogens is 1520 g/mol. The van der Waals surface area contributed by atoms with E-state index in [1.807, 2.05) is 6.07 Å². The maximum atomic E-state index is 13.9. The van der Waals surface area contributed by atoms with Gasteiger partial charge in [-0.3, -0.25) is 15.3 Å². The number of carbonyl (C=O) groups excluding carboxylic acids is 1. The predicted molar refractivity (Wildman–Crippen MR) is 336 cm³/mol. The molecule has 0 saturated heterocycles. The average Bonchev–Trinajstić information content (AvgIpc) is 1.59. The topological polar surface area (TPSA) is 252 Å². The molecule has 0 aliphatic heterocycles. The summed E-state index contributed by atoms with van der Waals surface area (Å²) in [5.74, 6) is -8.29. The molecule has 8 N–H and O–H groups in total. The molecule has 15 nitrogen and oxygen atoms in total. The van der Waals surface area contributed by atoms with Gasteiger partial charge in [0, 0.05) is 63.1 Å². The molecule has 8 aromatic carbocycles. The number of hydrogen-bond donors (Lipinski definition) is 8. The summed E-state index contributed by atoms with van der Waals surface area (Å²) in [6, 6.07) is 26.1. The van der Waals surface area contributed by atoms with E-state index in [9.17, 15) is 49.0 Å². The Bertz CT molecular complexity index is 3720. The molecule has 9 aromatic rings. The van der Waals surface area contributed by atoms with Crippen LogP contribution in [0.3, 0.4) is 0 Å². The molecule has 34 heteroatoms. The first-order chi connectivity index (χ1) is 42.7. The van der Waals surface area contributed by atoms with E-state index in [0.717, 1.165) is 10.5 Å². The number of fused-ring (bicyclic) bond motifs is 3. The Kier molecular flexibility index (Phi) is 49.1. The quantitative estimate of drug-likeness (QED) is 0.0366. The van der Waals surface area contributed by atoms with Crippen LogP contribution in [0.2, 0.25) is 0 Å². The van der Waals surface area contributed by atoms with Gasteiger partial charge < -0.3 is 61.7 Å². The molecular formula is C60H61B3Br3F10K2NaO15. The normalized spacial score (nSPS) is 9.65. The Labute approximate surface area is 671 Å². The van der Waals surface area contributed by atoms with Crippen LogP contribution < -0.4 is 149 Å². The van der Waals surface area contributed by atoms with Crippen molar-refractivity contribution in [1.29, 1.82) is 0 Å². The molecule has 0 aliphatic carbocycles. The Hall–Kier alpha value is -2.56. The summed E-state index contributed by atoms with van der Waals surface area (Å²) in [6.07, 6.45) is 0. The summed E-state index contributed by atoms with van der Waals surface area (Å²) in [7, 11) is 0.270. The van der Waals surface area contributed by atoms with Crippen molar-refractivity contribution in [2.24, 2.45) is 0 Å². The van der Waals surface area contributed by atoms with Gasteiger partial charge in [-0.2, -0.15) is 0 Å². The van der Waals surface area contributed by atoms with E-state index in [-0.39, 0.29) is 198 Å². The number of furan rings is 1. The van der Waals surface area contributed by atoms with Gasteiger partial charge in [0.1, 0.15) is 11.6 Å². The van der Waals surface area contributed by atoms with Crippen LogP contribution in [0.1, 0.15) is 47.4 Å². The van der Waals surface area contributed by atoms with Crippen LogP contribution >= 0.6 is 47.8 Å². The van der Waals surface area contributed by atoms with Gasteiger partial charge >= 0.3 is 154 Å². The molecule has 0 unspecified atom stereocenters. The summed E-state index contributed by atoms with van der Waals surface area (Å²) in [4.78, 5) is 11.2. The Morgan fingerprint density at radius 2 is 0.809 bits per heavy atom. The van der Waals surface area contributed by atoms with Gasteiger partial charge in [0.05, 0.1) is 4.47 Å². The minimum atomic E-state index is -1.97. The smallest absolute Gasteiger partial charge is 1.00 e. The van der Waals surface area contributed by atoms with E-state index < -0.39 is 85.1 Å². The van der Waals surface area contributed by atoms with Gasteiger partial charge in [0.2, 0.25) is 0 Å². The first kappa shape index (κ1) is 95.6. The third-order valence-corrected chi connectivity index (χ3v) is 13.9. The van der Waals surface area contributed by atoms with Crippen LogP contribution in [-0.4, -0.2) is 90.2 Å². The Morgan fingerprint density at radius 3 is 1.18 bits per heavy atom. The number of aromatic hydroxyl groups is 2. The fourth-order valence-corrected chi connectivity index (χ4v) is 8.20. The molecule has 9 rings (SSSR count). The van der Waals surface area contributed by atoms with E-state index >= 15 is 0 Å². The van der Waals surface area contributed by atoms with Crippen molar-refractivity contribution in [2.75, 3.05) is 21.3 Å². The number of benzene rings is 8. The second kappa shape index (κ2) is 48.3. The van der Waals surface area contributed by atoms with Gasteiger partial charge in [-0.25, -0.2) is 43.9 Å². The van der Waals surface area contributed by atoms with E-state index in [0.29, 0.717) is 47.5 Å². The Morgan fingerprint density at radius 1 is 0.457 bits per heavy atom. The summed E-state index contributed by atoms with van der Waals surface area (Å²) in [6.45, 7) is 12.3. The fourth-order valence-electron chi connectivity index (χ4n) is 7.04. The van der Waals surface area contributed by atoms with Crippen LogP contribution in [0.15, 0.2) is 121 Å². The second-order valence-corrected chi connectivity index (χ2v) is 21.1. The van der Waals surface area contributed by atoms with Gasteiger partial charge in [-0.05, 0) is 140 Å². The van der Waals surface area contributed by atoms with Crippen LogP contribution in [0.25, 0.3) is 33.1 Å². The SMILES string of the molecule is COB(OC)OC.Cc1ccc(-c2ccc(C)c(F)c2F)c(O)c1F.Cc1ccc(B(O)O)c(F)c1F.Cc1ccc(Br)c(B(O)O)c1F.Cc1ccc(Br)c(O)c1F.Cc1ccc(Br)cc1F.Cc1ccc2c(oc3c(F)c(C)ccc32)c1F.O=CO[O-].OO.[H-].[H-].[K+].[K+].[Na+]. The van der Waals surface area contributed by atoms with Crippen LogP contribution in [0.4, 0.5) is 43.9 Å². The molecule has 0 saturated carbocycles. The van der Waals surface area contributed by atoms with Crippen molar-refractivity contribution in [3.8, 4) is 22.6 Å². The number of halogens is 13. The molecule has 1 aromatic heterocycles. The molecule has 0 spiro atoms. The van der Waals surface area contributed by atoms with E-state index in [1.165, 1.54) is 78.5 Å². The van der Waals surface area contributed by atoms with E-state index in [4.69, 9.17) is 50.2 Å². The molecule has 0 aliphatic rings. The van der Waals surface area contributed by atoms with Gasteiger partial charge in [-0.1, -0.05) is 111 Å². The number of aryl methyl sites for hydroxylation is 8. The van der Waals surface area contributed by atoms with Crippen molar-refractivity contribution in [3.05, 3.63) is 219 Å². The first-order valence-corrected chi connectivity index (χ1v) is 27.9. The predicted octanol–water partition coefficient (Wildman–Crippen LogP) is 4.20. The molecule has 0 radical (unpaired) electrons. The van der Waals surface area contributed by atoms with Crippen LogP contribution in [-0.2, 0) is 23.6 Å². The zero-order valence-corrected chi connectivity index (χ0v) is 66.0. The maximum Gasteiger partial charge on any atom is 1.00 e. The zero-order chi connectivity index (χ0) is 69.9. The second-order valence-electron chi connectivity index (χ2n) is 18.4. The van der Waals surface area contributed by atoms with Crippen LogP contribution in [0.5, 0.6) is 11.5 Å². The monoisotopic (exact) mass is 1580 g/mol. The minimum Gasteiger partial charge on any atom is -1.00 e. The van der Waals surface area contributed by atoms with Crippen molar-refractivity contribution in [2.45, 2.75) is 55.4 Å². The molecule has 1 heterocycles. The summed E-state index contributed by atoms with van der Waals surface area (Å²) in [5.41, 5.74) is 2.51.